The summed E-state index contributed by atoms with van der Waals surface area (Å²) in [5.74, 6) is -1.62. The predicted octanol–water partition coefficient (Wildman–Crippen LogP) is 3.35. The lowest BCUT2D eigenvalue weighted by molar-refractivity contribution is -0.140. The first-order chi connectivity index (χ1) is 12.6. The summed E-state index contributed by atoms with van der Waals surface area (Å²) in [6.07, 6.45) is 0.756. The number of rotatable bonds is 5. The standard InChI is InChI=1S/C20H20FNO4/c1-25-15-9-10-16(17(21)13-15)20(24)26-18(14-7-3-2-4-8-14)19(23)22-11-5-6-12-22/h2-4,7-10,13,18H,5-6,11-12H2,1H3/t18-/m1/s1. The average molecular weight is 357 g/mol. The third-order valence-electron chi connectivity index (χ3n) is 4.37. The van der Waals surface area contributed by atoms with Crippen molar-refractivity contribution < 1.29 is 23.5 Å². The first-order valence-corrected chi connectivity index (χ1v) is 8.48. The van der Waals surface area contributed by atoms with E-state index in [1.807, 2.05) is 6.07 Å². The average Bonchev–Trinajstić information content (AvgIpc) is 3.20. The molecule has 0 bridgehead atoms. The molecule has 2 aromatic rings. The highest BCUT2D eigenvalue weighted by Gasteiger charge is 2.31. The summed E-state index contributed by atoms with van der Waals surface area (Å²) in [6.45, 7) is 1.27. The van der Waals surface area contributed by atoms with Gasteiger partial charge in [0.05, 0.1) is 12.7 Å². The van der Waals surface area contributed by atoms with Crippen LogP contribution in [-0.4, -0.2) is 37.0 Å². The molecule has 26 heavy (non-hydrogen) atoms. The summed E-state index contributed by atoms with van der Waals surface area (Å²) in [5, 5.41) is 0. The second-order valence-electron chi connectivity index (χ2n) is 6.07. The van der Waals surface area contributed by atoms with Crippen LogP contribution in [0.4, 0.5) is 4.39 Å². The summed E-state index contributed by atoms with van der Waals surface area (Å²) >= 11 is 0. The molecule has 1 aliphatic heterocycles. The van der Waals surface area contributed by atoms with Crippen LogP contribution in [0.1, 0.15) is 34.9 Å². The minimum Gasteiger partial charge on any atom is -0.497 e. The van der Waals surface area contributed by atoms with E-state index >= 15 is 0 Å². The number of hydrogen-bond donors (Lipinski definition) is 0. The fraction of sp³-hybridized carbons (Fsp3) is 0.300. The Balaban J connectivity index is 1.85. The zero-order valence-electron chi connectivity index (χ0n) is 14.5. The third-order valence-corrected chi connectivity index (χ3v) is 4.37. The van der Waals surface area contributed by atoms with E-state index in [1.54, 1.807) is 29.2 Å². The lowest BCUT2D eigenvalue weighted by atomic mass is 10.1. The molecule has 1 saturated heterocycles. The topological polar surface area (TPSA) is 55.8 Å². The van der Waals surface area contributed by atoms with Crippen molar-refractivity contribution in [1.29, 1.82) is 0 Å². The molecule has 2 aromatic carbocycles. The number of carbonyl (C=O) groups excluding carboxylic acids is 2. The molecule has 0 N–H and O–H groups in total. The summed E-state index contributed by atoms with van der Waals surface area (Å²) in [6, 6.07) is 12.6. The van der Waals surface area contributed by atoms with E-state index in [0.29, 0.717) is 24.4 Å². The molecule has 5 nitrogen and oxygen atoms in total. The number of halogens is 1. The number of amides is 1. The van der Waals surface area contributed by atoms with Gasteiger partial charge in [0.25, 0.3) is 5.91 Å². The molecule has 1 fully saturated rings. The molecule has 0 aromatic heterocycles. The molecular weight excluding hydrogens is 337 g/mol. The van der Waals surface area contributed by atoms with E-state index < -0.39 is 17.9 Å². The van der Waals surface area contributed by atoms with Crippen LogP contribution in [0.5, 0.6) is 5.75 Å². The monoisotopic (exact) mass is 357 g/mol. The maximum atomic E-state index is 14.2. The van der Waals surface area contributed by atoms with Gasteiger partial charge >= 0.3 is 5.97 Å². The number of methoxy groups -OCH3 is 1. The van der Waals surface area contributed by atoms with E-state index in [4.69, 9.17) is 9.47 Å². The Kier molecular flexibility index (Phi) is 5.51. The van der Waals surface area contributed by atoms with E-state index in [9.17, 15) is 14.0 Å². The molecule has 0 unspecified atom stereocenters. The van der Waals surface area contributed by atoms with Crippen LogP contribution in [0.2, 0.25) is 0 Å². The predicted molar refractivity (Wildman–Crippen MR) is 93.4 cm³/mol. The minimum absolute atomic E-state index is 0.235. The highest BCUT2D eigenvalue weighted by atomic mass is 19.1. The number of nitrogens with zero attached hydrogens (tertiary/aromatic N) is 1. The number of ether oxygens (including phenoxy) is 2. The molecule has 0 aliphatic carbocycles. The summed E-state index contributed by atoms with van der Waals surface area (Å²) in [5.41, 5.74) is 0.327. The van der Waals surface area contributed by atoms with Crippen LogP contribution in [0.25, 0.3) is 0 Å². The van der Waals surface area contributed by atoms with Gasteiger partial charge in [-0.1, -0.05) is 30.3 Å². The highest BCUT2D eigenvalue weighted by molar-refractivity contribution is 5.93. The van der Waals surface area contributed by atoms with Crippen LogP contribution in [0, 0.1) is 5.82 Å². The molecule has 6 heteroatoms. The van der Waals surface area contributed by atoms with Crippen molar-refractivity contribution >= 4 is 11.9 Å². The molecule has 3 rings (SSSR count). The zero-order chi connectivity index (χ0) is 18.5. The molecule has 0 radical (unpaired) electrons. The van der Waals surface area contributed by atoms with Gasteiger partial charge in [0.2, 0.25) is 6.10 Å². The van der Waals surface area contributed by atoms with Crippen LogP contribution in [0.3, 0.4) is 0 Å². The Morgan fingerprint density at radius 2 is 1.77 bits per heavy atom. The quantitative estimate of drug-likeness (QED) is 0.770. The van der Waals surface area contributed by atoms with Crippen LogP contribution in [-0.2, 0) is 9.53 Å². The van der Waals surface area contributed by atoms with Gasteiger partial charge in [-0.05, 0) is 25.0 Å². The van der Waals surface area contributed by atoms with Crippen molar-refractivity contribution in [2.24, 2.45) is 0 Å². The number of benzene rings is 2. The van der Waals surface area contributed by atoms with E-state index in [-0.39, 0.29) is 11.5 Å². The zero-order valence-corrected chi connectivity index (χ0v) is 14.5. The van der Waals surface area contributed by atoms with Gasteiger partial charge in [0, 0.05) is 24.7 Å². The Hall–Kier alpha value is -2.89. The van der Waals surface area contributed by atoms with Gasteiger partial charge < -0.3 is 14.4 Å². The smallest absolute Gasteiger partial charge is 0.342 e. The van der Waals surface area contributed by atoms with Gasteiger partial charge in [0.1, 0.15) is 11.6 Å². The van der Waals surface area contributed by atoms with Crippen molar-refractivity contribution in [3.63, 3.8) is 0 Å². The van der Waals surface area contributed by atoms with Gasteiger partial charge in [-0.3, -0.25) is 4.79 Å². The largest absolute Gasteiger partial charge is 0.497 e. The molecule has 1 aliphatic rings. The van der Waals surface area contributed by atoms with E-state index in [2.05, 4.69) is 0 Å². The SMILES string of the molecule is COc1ccc(C(=O)O[C@@H](C(=O)N2CCCC2)c2ccccc2)c(F)c1. The van der Waals surface area contributed by atoms with Crippen LogP contribution < -0.4 is 4.74 Å². The molecule has 1 amide bonds. The van der Waals surface area contributed by atoms with Gasteiger partial charge in [-0.2, -0.15) is 0 Å². The van der Waals surface area contributed by atoms with E-state index in [0.717, 1.165) is 18.9 Å². The summed E-state index contributed by atoms with van der Waals surface area (Å²) in [7, 11) is 1.41. The fourth-order valence-corrected chi connectivity index (χ4v) is 2.95. The Bertz CT molecular complexity index is 788. The van der Waals surface area contributed by atoms with Crippen molar-refractivity contribution in [1.82, 2.24) is 4.90 Å². The molecule has 1 heterocycles. The molecule has 0 saturated carbocycles. The third kappa shape index (κ3) is 3.85. The van der Waals surface area contributed by atoms with Crippen molar-refractivity contribution in [2.75, 3.05) is 20.2 Å². The number of carbonyl (C=O) groups is 2. The Morgan fingerprint density at radius 3 is 2.38 bits per heavy atom. The van der Waals surface area contributed by atoms with Crippen LogP contribution in [0.15, 0.2) is 48.5 Å². The Labute approximate surface area is 151 Å². The van der Waals surface area contributed by atoms with Crippen molar-refractivity contribution in [3.05, 3.63) is 65.5 Å². The maximum Gasteiger partial charge on any atom is 0.342 e. The summed E-state index contributed by atoms with van der Waals surface area (Å²) < 4.78 is 24.5. The summed E-state index contributed by atoms with van der Waals surface area (Å²) in [4.78, 5) is 27.0. The normalized spacial score (nSPS) is 14.8. The molecule has 1 atom stereocenters. The van der Waals surface area contributed by atoms with Crippen molar-refractivity contribution in [2.45, 2.75) is 18.9 Å². The van der Waals surface area contributed by atoms with Crippen LogP contribution >= 0.6 is 0 Å². The Morgan fingerprint density at radius 1 is 1.08 bits per heavy atom. The van der Waals surface area contributed by atoms with Crippen molar-refractivity contribution in [3.8, 4) is 5.75 Å². The van der Waals surface area contributed by atoms with E-state index in [1.165, 1.54) is 19.2 Å². The lowest BCUT2D eigenvalue weighted by Gasteiger charge is -2.23. The fourth-order valence-electron chi connectivity index (χ4n) is 2.95. The first kappa shape index (κ1) is 17.9. The van der Waals surface area contributed by atoms with Gasteiger partial charge in [0.15, 0.2) is 0 Å². The second kappa shape index (κ2) is 7.99. The van der Waals surface area contributed by atoms with Gasteiger partial charge in [-0.15, -0.1) is 0 Å². The lowest BCUT2D eigenvalue weighted by Crippen LogP contribution is -2.35. The molecular formula is C20H20FNO4. The second-order valence-corrected chi connectivity index (χ2v) is 6.07. The molecule has 136 valence electrons. The molecule has 0 spiro atoms. The highest BCUT2D eigenvalue weighted by Crippen LogP contribution is 2.25. The minimum atomic E-state index is -1.09. The maximum absolute atomic E-state index is 14.2. The number of esters is 1. The first-order valence-electron chi connectivity index (χ1n) is 8.48. The number of likely N-dealkylation sites (tertiary alicyclic amines) is 1. The van der Waals surface area contributed by atoms with Gasteiger partial charge in [-0.25, -0.2) is 9.18 Å². The number of hydrogen-bond acceptors (Lipinski definition) is 4.